The molecule has 1 aromatic heterocycles. The maximum Gasteiger partial charge on any atom is 0.196 e. The Bertz CT molecular complexity index is 627. The molecule has 0 aliphatic carbocycles. The second-order valence-corrected chi connectivity index (χ2v) is 5.73. The van der Waals surface area contributed by atoms with Gasteiger partial charge in [-0.25, -0.2) is 4.99 Å². The largest absolute Gasteiger partial charge is 0.493 e. The second-order valence-electron chi connectivity index (χ2n) is 4.70. The van der Waals surface area contributed by atoms with Gasteiger partial charge in [0.2, 0.25) is 0 Å². The van der Waals surface area contributed by atoms with Crippen molar-refractivity contribution >= 4 is 23.0 Å². The average Bonchev–Trinajstić information content (AvgIpc) is 3.07. The van der Waals surface area contributed by atoms with Crippen molar-refractivity contribution in [1.82, 2.24) is 5.32 Å². The van der Waals surface area contributed by atoms with Crippen molar-refractivity contribution in [1.29, 1.82) is 0 Å². The molecule has 6 heteroatoms. The van der Waals surface area contributed by atoms with Crippen molar-refractivity contribution in [3.8, 4) is 11.5 Å². The Morgan fingerprint density at radius 1 is 1.22 bits per heavy atom. The van der Waals surface area contributed by atoms with Gasteiger partial charge >= 0.3 is 0 Å². The van der Waals surface area contributed by atoms with Crippen LogP contribution in [0.25, 0.3) is 0 Å². The molecule has 0 amide bonds. The molecule has 0 radical (unpaired) electrons. The zero-order valence-corrected chi connectivity index (χ0v) is 14.6. The molecule has 0 aliphatic rings. The highest BCUT2D eigenvalue weighted by molar-refractivity contribution is 7.09. The second kappa shape index (κ2) is 9.05. The van der Waals surface area contributed by atoms with E-state index in [2.05, 4.69) is 27.1 Å². The minimum Gasteiger partial charge on any atom is -0.493 e. The standard InChI is InChI=1S/C17H23N3O2S/c1-4-18-17(19-12-14-7-6-10-23-14)20-13-8-9-15(21-3)16(11-13)22-5-2/h6-11H,4-5,12H2,1-3H3,(H2,18,19,20). The number of methoxy groups -OCH3 is 1. The fourth-order valence-corrected chi connectivity index (χ4v) is 2.65. The van der Waals surface area contributed by atoms with Crippen LogP contribution in [0.5, 0.6) is 11.5 Å². The van der Waals surface area contributed by atoms with Crippen molar-refractivity contribution in [2.75, 3.05) is 25.6 Å². The monoisotopic (exact) mass is 333 g/mol. The maximum atomic E-state index is 5.61. The summed E-state index contributed by atoms with van der Waals surface area (Å²) in [6.07, 6.45) is 0. The van der Waals surface area contributed by atoms with Crippen LogP contribution >= 0.6 is 11.3 Å². The maximum absolute atomic E-state index is 5.61. The lowest BCUT2D eigenvalue weighted by Gasteiger charge is -2.14. The summed E-state index contributed by atoms with van der Waals surface area (Å²) in [7, 11) is 1.64. The molecular formula is C17H23N3O2S. The van der Waals surface area contributed by atoms with Crippen molar-refractivity contribution in [3.63, 3.8) is 0 Å². The molecule has 0 aliphatic heterocycles. The molecule has 1 heterocycles. The van der Waals surface area contributed by atoms with E-state index in [9.17, 15) is 0 Å². The Hall–Kier alpha value is -2.21. The summed E-state index contributed by atoms with van der Waals surface area (Å²) in [6, 6.07) is 9.86. The third kappa shape index (κ3) is 5.17. The van der Waals surface area contributed by atoms with Gasteiger partial charge in [0.15, 0.2) is 17.5 Å². The highest BCUT2D eigenvalue weighted by Crippen LogP contribution is 2.30. The average molecular weight is 333 g/mol. The number of benzene rings is 1. The molecule has 0 fully saturated rings. The summed E-state index contributed by atoms with van der Waals surface area (Å²) in [5, 5.41) is 8.60. The number of guanidine groups is 1. The summed E-state index contributed by atoms with van der Waals surface area (Å²) < 4.78 is 10.9. The molecule has 2 N–H and O–H groups in total. The number of nitrogens with zero attached hydrogens (tertiary/aromatic N) is 1. The van der Waals surface area contributed by atoms with Gasteiger partial charge in [-0.05, 0) is 37.4 Å². The summed E-state index contributed by atoms with van der Waals surface area (Å²) in [6.45, 7) is 6.03. The van der Waals surface area contributed by atoms with E-state index in [0.29, 0.717) is 18.9 Å². The first kappa shape index (κ1) is 17.1. The first-order chi connectivity index (χ1) is 11.3. The van der Waals surface area contributed by atoms with E-state index >= 15 is 0 Å². The van der Waals surface area contributed by atoms with Gasteiger partial charge in [-0.1, -0.05) is 6.07 Å². The first-order valence-electron chi connectivity index (χ1n) is 7.65. The van der Waals surface area contributed by atoms with Crippen molar-refractivity contribution in [3.05, 3.63) is 40.6 Å². The normalized spacial score (nSPS) is 11.2. The SMILES string of the molecule is CCNC(=NCc1cccs1)Nc1ccc(OC)c(OCC)c1. The third-order valence-electron chi connectivity index (χ3n) is 3.04. The van der Waals surface area contributed by atoms with Crippen LogP contribution < -0.4 is 20.1 Å². The first-order valence-corrected chi connectivity index (χ1v) is 8.53. The summed E-state index contributed by atoms with van der Waals surface area (Å²) in [5.74, 6) is 2.18. The van der Waals surface area contributed by atoms with E-state index in [1.165, 1.54) is 4.88 Å². The van der Waals surface area contributed by atoms with Crippen LogP contribution in [0.15, 0.2) is 40.7 Å². The number of hydrogen-bond acceptors (Lipinski definition) is 4. The Kier molecular flexibility index (Phi) is 6.75. The third-order valence-corrected chi connectivity index (χ3v) is 3.90. The molecular weight excluding hydrogens is 310 g/mol. The molecule has 0 bridgehead atoms. The van der Waals surface area contributed by atoms with Gasteiger partial charge in [-0.3, -0.25) is 0 Å². The number of aliphatic imine (C=N–C) groups is 1. The van der Waals surface area contributed by atoms with Gasteiger partial charge in [0, 0.05) is 23.2 Å². The fourth-order valence-electron chi connectivity index (χ4n) is 2.03. The number of ether oxygens (including phenoxy) is 2. The molecule has 0 unspecified atom stereocenters. The minimum absolute atomic E-state index is 0.590. The highest BCUT2D eigenvalue weighted by atomic mass is 32.1. The van der Waals surface area contributed by atoms with E-state index in [4.69, 9.17) is 9.47 Å². The van der Waals surface area contributed by atoms with Crippen LogP contribution in [0.2, 0.25) is 0 Å². The number of thiophene rings is 1. The van der Waals surface area contributed by atoms with Crippen LogP contribution in [-0.2, 0) is 6.54 Å². The molecule has 23 heavy (non-hydrogen) atoms. The Balaban J connectivity index is 2.12. The van der Waals surface area contributed by atoms with Crippen molar-refractivity contribution in [2.24, 2.45) is 4.99 Å². The van der Waals surface area contributed by atoms with Gasteiger partial charge < -0.3 is 20.1 Å². The lowest BCUT2D eigenvalue weighted by Crippen LogP contribution is -2.30. The predicted molar refractivity (Wildman–Crippen MR) is 96.9 cm³/mol. The minimum atomic E-state index is 0.590. The van der Waals surface area contributed by atoms with Crippen LogP contribution in [0.3, 0.4) is 0 Å². The molecule has 5 nitrogen and oxygen atoms in total. The molecule has 0 atom stereocenters. The summed E-state index contributed by atoms with van der Waals surface area (Å²) >= 11 is 1.70. The van der Waals surface area contributed by atoms with Gasteiger partial charge in [0.05, 0.1) is 20.3 Å². The number of rotatable bonds is 7. The Morgan fingerprint density at radius 2 is 2.09 bits per heavy atom. The molecule has 2 aromatic rings. The molecule has 0 saturated heterocycles. The topological polar surface area (TPSA) is 54.9 Å². The van der Waals surface area contributed by atoms with E-state index in [0.717, 1.165) is 23.9 Å². The molecule has 0 saturated carbocycles. The Labute approximate surface area is 141 Å². The smallest absolute Gasteiger partial charge is 0.196 e. The van der Waals surface area contributed by atoms with E-state index < -0.39 is 0 Å². The predicted octanol–water partition coefficient (Wildman–Crippen LogP) is 3.73. The zero-order chi connectivity index (χ0) is 16.5. The van der Waals surface area contributed by atoms with Gasteiger partial charge in [-0.2, -0.15) is 0 Å². The van der Waals surface area contributed by atoms with Gasteiger partial charge in [-0.15, -0.1) is 11.3 Å². The van der Waals surface area contributed by atoms with Crippen LogP contribution in [0.4, 0.5) is 5.69 Å². The Morgan fingerprint density at radius 3 is 2.74 bits per heavy atom. The zero-order valence-electron chi connectivity index (χ0n) is 13.8. The quantitative estimate of drug-likeness (QED) is 0.599. The van der Waals surface area contributed by atoms with Gasteiger partial charge in [0.1, 0.15) is 0 Å². The van der Waals surface area contributed by atoms with Crippen LogP contribution in [-0.4, -0.2) is 26.2 Å². The van der Waals surface area contributed by atoms with E-state index in [1.807, 2.05) is 38.1 Å². The molecule has 2 rings (SSSR count). The number of anilines is 1. The fraction of sp³-hybridized carbons (Fsp3) is 0.353. The van der Waals surface area contributed by atoms with E-state index in [-0.39, 0.29) is 0 Å². The van der Waals surface area contributed by atoms with Gasteiger partial charge in [0.25, 0.3) is 0 Å². The molecule has 124 valence electrons. The summed E-state index contributed by atoms with van der Waals surface area (Å²) in [4.78, 5) is 5.83. The van der Waals surface area contributed by atoms with E-state index in [1.54, 1.807) is 18.4 Å². The number of nitrogens with one attached hydrogen (secondary N) is 2. The van der Waals surface area contributed by atoms with Crippen molar-refractivity contribution < 1.29 is 9.47 Å². The summed E-state index contributed by atoms with van der Waals surface area (Å²) in [5.41, 5.74) is 0.903. The molecule has 0 spiro atoms. The van der Waals surface area contributed by atoms with Crippen molar-refractivity contribution in [2.45, 2.75) is 20.4 Å². The lowest BCUT2D eigenvalue weighted by atomic mass is 10.2. The lowest BCUT2D eigenvalue weighted by molar-refractivity contribution is 0.311. The highest BCUT2D eigenvalue weighted by Gasteiger charge is 2.07. The molecule has 1 aromatic carbocycles. The van der Waals surface area contributed by atoms with Crippen LogP contribution in [0, 0.1) is 0 Å². The number of hydrogen-bond donors (Lipinski definition) is 2. The van der Waals surface area contributed by atoms with Crippen LogP contribution in [0.1, 0.15) is 18.7 Å².